The minimum absolute atomic E-state index is 0.147. The van der Waals surface area contributed by atoms with Crippen LogP contribution in [0, 0.1) is 0 Å². The molecule has 0 atom stereocenters. The van der Waals surface area contributed by atoms with Crippen LogP contribution in [0.15, 0.2) is 224 Å². The van der Waals surface area contributed by atoms with E-state index in [4.69, 9.17) is 15.0 Å². The van der Waals surface area contributed by atoms with Crippen molar-refractivity contribution in [3.8, 4) is 73.2 Å². The molecular weight excluding hydrogens is 863 g/mol. The molecule has 0 aliphatic heterocycles. The van der Waals surface area contributed by atoms with Crippen LogP contribution in [0.25, 0.3) is 123 Å². The second kappa shape index (κ2) is 16.1. The van der Waals surface area contributed by atoms with Crippen molar-refractivity contribution in [2.75, 3.05) is 0 Å². The highest BCUT2D eigenvalue weighted by atomic mass is 15.0. The predicted octanol–water partition coefficient (Wildman–Crippen LogP) is 16.9. The fourth-order valence-electron chi connectivity index (χ4n) is 11.6. The van der Waals surface area contributed by atoms with E-state index in [1.807, 2.05) is 18.2 Å². The van der Waals surface area contributed by atoms with Gasteiger partial charge in [-0.15, -0.1) is 0 Å². The number of fused-ring (bicyclic) bond motifs is 9. The van der Waals surface area contributed by atoms with Crippen LogP contribution in [-0.4, -0.2) is 24.1 Å². The average Bonchev–Trinajstić information content (AvgIpc) is 4.04. The fraction of sp³-hybridized carbons (Fsp3) is 0.0758. The molecule has 0 unspecified atom stereocenters. The van der Waals surface area contributed by atoms with Crippen LogP contribution >= 0.6 is 0 Å². The van der Waals surface area contributed by atoms with Crippen molar-refractivity contribution in [3.05, 3.63) is 236 Å². The van der Waals surface area contributed by atoms with E-state index in [2.05, 4.69) is 229 Å². The van der Waals surface area contributed by atoms with Crippen molar-refractivity contribution in [1.29, 1.82) is 0 Å². The average molecular weight is 910 g/mol. The Labute approximate surface area is 412 Å². The van der Waals surface area contributed by atoms with Crippen molar-refractivity contribution in [3.63, 3.8) is 0 Å². The molecule has 14 rings (SSSR count). The molecule has 0 fully saturated rings. The summed E-state index contributed by atoms with van der Waals surface area (Å²) in [6, 6.07) is 74.6. The van der Waals surface area contributed by atoms with E-state index in [0.29, 0.717) is 17.5 Å². The van der Waals surface area contributed by atoms with Gasteiger partial charge < -0.3 is 9.13 Å². The molecule has 0 saturated heterocycles. The smallest absolute Gasteiger partial charge is 0.164 e. The Morgan fingerprint density at radius 1 is 0.380 bits per heavy atom. The molecule has 9 aromatic carbocycles. The molecule has 5 nitrogen and oxygen atoms in total. The molecule has 0 spiro atoms. The lowest BCUT2D eigenvalue weighted by atomic mass is 9.82. The van der Waals surface area contributed by atoms with Gasteiger partial charge in [0.05, 0.1) is 22.1 Å². The Kier molecular flexibility index (Phi) is 9.30. The quantitative estimate of drug-likeness (QED) is 0.160. The standard InChI is InChI=1S/C66H47N5/c1-66(2)56-30-12-9-26-51(56)52-36-35-47(40-57(52)66)65-68-63(42-18-5-3-6-19-42)67-64(69-65)46-22-15-20-43(38-46)44-34-37-54-53-27-10-13-31-58(53)71(61(54)41-44)49-25-16-21-45(39-49)50-29-17-33-60-62(50)55-28-11-14-32-59(55)70(60)48-23-7-4-8-24-48/h3,5-7,9-41H,4,8H2,1-2H3. The van der Waals surface area contributed by atoms with E-state index in [0.717, 1.165) is 51.9 Å². The number of hydrogen-bond donors (Lipinski definition) is 0. The first-order valence-electron chi connectivity index (χ1n) is 24.7. The Balaban J connectivity index is 0.886. The van der Waals surface area contributed by atoms with Crippen LogP contribution in [0.2, 0.25) is 0 Å². The zero-order chi connectivity index (χ0) is 47.2. The summed E-state index contributed by atoms with van der Waals surface area (Å²) in [5.41, 5.74) is 19.6. The lowest BCUT2D eigenvalue weighted by Crippen LogP contribution is -2.15. The number of allylic oxidation sites excluding steroid dienone is 4. The van der Waals surface area contributed by atoms with Gasteiger partial charge in [-0.05, 0) is 112 Å². The summed E-state index contributed by atoms with van der Waals surface area (Å²) in [6.07, 6.45) is 9.06. The molecule has 0 N–H and O–H groups in total. The van der Waals surface area contributed by atoms with Crippen molar-refractivity contribution in [2.45, 2.75) is 32.1 Å². The first-order valence-corrected chi connectivity index (χ1v) is 24.7. The third-order valence-electron chi connectivity index (χ3n) is 15.0. The zero-order valence-corrected chi connectivity index (χ0v) is 39.5. The van der Waals surface area contributed by atoms with Gasteiger partial charge in [-0.3, -0.25) is 0 Å². The fourth-order valence-corrected chi connectivity index (χ4v) is 11.6. The first kappa shape index (κ1) is 41.1. The molecule has 5 heteroatoms. The molecule has 336 valence electrons. The highest BCUT2D eigenvalue weighted by Crippen LogP contribution is 2.49. The van der Waals surface area contributed by atoms with Crippen LogP contribution < -0.4 is 0 Å². The molecule has 12 aromatic rings. The Bertz CT molecular complexity index is 4200. The van der Waals surface area contributed by atoms with Crippen molar-refractivity contribution in [2.24, 2.45) is 0 Å². The molecule has 3 aromatic heterocycles. The molecule has 0 bridgehead atoms. The van der Waals surface area contributed by atoms with Gasteiger partial charge in [0.2, 0.25) is 0 Å². The number of benzene rings is 9. The summed E-state index contributed by atoms with van der Waals surface area (Å²) < 4.78 is 4.87. The summed E-state index contributed by atoms with van der Waals surface area (Å²) in [7, 11) is 0. The highest BCUT2D eigenvalue weighted by molar-refractivity contribution is 6.17. The lowest BCUT2D eigenvalue weighted by molar-refractivity contribution is 0.660. The van der Waals surface area contributed by atoms with Gasteiger partial charge in [0.15, 0.2) is 17.5 Å². The van der Waals surface area contributed by atoms with Gasteiger partial charge in [-0.1, -0.05) is 184 Å². The topological polar surface area (TPSA) is 48.5 Å². The van der Waals surface area contributed by atoms with Gasteiger partial charge >= 0.3 is 0 Å². The molecular formula is C66H47N5. The maximum atomic E-state index is 5.25. The SMILES string of the molecule is CC1(C)c2ccccc2-c2ccc(-c3nc(-c4ccccc4)nc(-c4cccc(-c5ccc6c7ccccc7n(-c7cccc(-c8cccc9c8c8ccccc8n9C8=CCCC=C8)c7)c6c5)c4)n3)cc21. The zero-order valence-electron chi connectivity index (χ0n) is 39.5. The number of nitrogens with zero attached hydrogens (tertiary/aromatic N) is 5. The molecule has 0 radical (unpaired) electrons. The maximum absolute atomic E-state index is 5.25. The van der Waals surface area contributed by atoms with Crippen LogP contribution in [0.1, 0.15) is 37.8 Å². The third kappa shape index (κ3) is 6.57. The van der Waals surface area contributed by atoms with Crippen LogP contribution in [0.4, 0.5) is 0 Å². The van der Waals surface area contributed by atoms with Gasteiger partial charge in [0.25, 0.3) is 0 Å². The Morgan fingerprint density at radius 3 is 1.80 bits per heavy atom. The normalized spacial score (nSPS) is 13.8. The highest BCUT2D eigenvalue weighted by Gasteiger charge is 2.35. The van der Waals surface area contributed by atoms with E-state index in [1.165, 1.54) is 77.2 Å². The van der Waals surface area contributed by atoms with Crippen LogP contribution in [-0.2, 0) is 5.41 Å². The number of hydrogen-bond acceptors (Lipinski definition) is 3. The monoisotopic (exact) mass is 909 g/mol. The minimum Gasteiger partial charge on any atom is -0.310 e. The lowest BCUT2D eigenvalue weighted by Gasteiger charge is -2.21. The molecule has 2 aliphatic rings. The number of para-hydroxylation sites is 2. The number of aromatic nitrogens is 5. The second-order valence-electron chi connectivity index (χ2n) is 19.5. The predicted molar refractivity (Wildman–Crippen MR) is 295 cm³/mol. The molecule has 71 heavy (non-hydrogen) atoms. The van der Waals surface area contributed by atoms with E-state index >= 15 is 0 Å². The van der Waals surface area contributed by atoms with Crippen molar-refractivity contribution >= 4 is 49.3 Å². The second-order valence-corrected chi connectivity index (χ2v) is 19.5. The van der Waals surface area contributed by atoms with E-state index in [-0.39, 0.29) is 5.41 Å². The van der Waals surface area contributed by atoms with Gasteiger partial charge in [-0.2, -0.15) is 0 Å². The van der Waals surface area contributed by atoms with Gasteiger partial charge in [0.1, 0.15) is 0 Å². The van der Waals surface area contributed by atoms with Crippen molar-refractivity contribution < 1.29 is 0 Å². The number of rotatable bonds is 7. The molecule has 3 heterocycles. The van der Waals surface area contributed by atoms with Gasteiger partial charge in [-0.25, -0.2) is 15.0 Å². The van der Waals surface area contributed by atoms with E-state index in [9.17, 15) is 0 Å². The first-order chi connectivity index (χ1) is 35.0. The minimum atomic E-state index is -0.147. The third-order valence-corrected chi connectivity index (χ3v) is 15.0. The molecule has 2 aliphatic carbocycles. The maximum Gasteiger partial charge on any atom is 0.164 e. The van der Waals surface area contributed by atoms with Crippen LogP contribution in [0.3, 0.4) is 0 Å². The molecule has 0 amide bonds. The summed E-state index contributed by atoms with van der Waals surface area (Å²) >= 11 is 0. The Hall–Kier alpha value is -8.93. The van der Waals surface area contributed by atoms with Gasteiger partial charge in [0, 0.05) is 55.0 Å². The summed E-state index contributed by atoms with van der Waals surface area (Å²) in [5.74, 6) is 1.94. The summed E-state index contributed by atoms with van der Waals surface area (Å²) in [6.45, 7) is 4.62. The summed E-state index contributed by atoms with van der Waals surface area (Å²) in [4.78, 5) is 15.5. The summed E-state index contributed by atoms with van der Waals surface area (Å²) in [5, 5.41) is 4.96. The largest absolute Gasteiger partial charge is 0.310 e. The van der Waals surface area contributed by atoms with Crippen molar-refractivity contribution in [1.82, 2.24) is 24.1 Å². The van der Waals surface area contributed by atoms with E-state index in [1.54, 1.807) is 0 Å². The van der Waals surface area contributed by atoms with Crippen LogP contribution in [0.5, 0.6) is 0 Å². The Morgan fingerprint density at radius 2 is 0.972 bits per heavy atom. The van der Waals surface area contributed by atoms with E-state index < -0.39 is 0 Å². The molecule has 0 saturated carbocycles.